The first kappa shape index (κ1) is 10.9. The van der Waals surface area contributed by atoms with Crippen LogP contribution in [-0.4, -0.2) is 8.42 Å². The summed E-state index contributed by atoms with van der Waals surface area (Å²) >= 11 is 0. The van der Waals surface area contributed by atoms with Gasteiger partial charge in [0, 0.05) is 0 Å². The molecule has 84 valence electrons. The van der Waals surface area contributed by atoms with Gasteiger partial charge in [0.2, 0.25) is 10.0 Å². The molecule has 2 rings (SSSR count). The van der Waals surface area contributed by atoms with Crippen molar-refractivity contribution >= 4 is 10.0 Å². The first-order valence-corrected chi connectivity index (χ1v) is 6.76. The molecule has 0 aromatic rings. The molecule has 1 fully saturated rings. The number of sulfonamides is 1. The van der Waals surface area contributed by atoms with E-state index in [1.807, 2.05) is 6.08 Å². The predicted octanol–water partition coefficient (Wildman–Crippen LogP) is 1.78. The van der Waals surface area contributed by atoms with Crippen molar-refractivity contribution in [2.24, 2.45) is 22.4 Å². The third kappa shape index (κ3) is 2.16. The molecule has 0 saturated heterocycles. The zero-order valence-corrected chi connectivity index (χ0v) is 9.92. The van der Waals surface area contributed by atoms with Gasteiger partial charge in [-0.3, -0.25) is 0 Å². The molecule has 0 aromatic carbocycles. The first-order chi connectivity index (χ1) is 6.81. The van der Waals surface area contributed by atoms with E-state index in [4.69, 9.17) is 5.14 Å². The fourth-order valence-electron chi connectivity index (χ4n) is 2.37. The number of hydrogen-bond donors (Lipinski definition) is 1. The molecule has 0 bridgehead atoms. The minimum absolute atomic E-state index is 0.261. The second kappa shape index (κ2) is 3.19. The summed E-state index contributed by atoms with van der Waals surface area (Å²) in [6.45, 7) is 4.51. The Morgan fingerprint density at radius 3 is 2.40 bits per heavy atom. The Balaban J connectivity index is 2.06. The number of hydrogen-bond acceptors (Lipinski definition) is 2. The van der Waals surface area contributed by atoms with Crippen LogP contribution in [0.5, 0.6) is 0 Å². The molecule has 2 atom stereocenters. The molecule has 1 unspecified atom stereocenters. The molecule has 0 amide bonds. The van der Waals surface area contributed by atoms with Gasteiger partial charge in [-0.25, -0.2) is 13.6 Å². The Morgan fingerprint density at radius 2 is 2.07 bits per heavy atom. The van der Waals surface area contributed by atoms with Gasteiger partial charge in [0.1, 0.15) is 0 Å². The molecule has 1 saturated carbocycles. The summed E-state index contributed by atoms with van der Waals surface area (Å²) in [5.41, 5.74) is 0.432. The van der Waals surface area contributed by atoms with Gasteiger partial charge in [-0.1, -0.05) is 26.0 Å². The summed E-state index contributed by atoms with van der Waals surface area (Å²) < 4.78 is 22.1. The topological polar surface area (TPSA) is 60.2 Å². The van der Waals surface area contributed by atoms with Crippen LogP contribution in [0.25, 0.3) is 0 Å². The number of nitrogens with two attached hydrogens (primary N) is 1. The van der Waals surface area contributed by atoms with E-state index in [-0.39, 0.29) is 4.91 Å². The summed E-state index contributed by atoms with van der Waals surface area (Å²) in [5, 5.41) is 5.05. The summed E-state index contributed by atoms with van der Waals surface area (Å²) in [7, 11) is -3.51. The lowest BCUT2D eigenvalue weighted by molar-refractivity contribution is 0.459. The highest BCUT2D eigenvalue weighted by Gasteiger charge is 2.49. The number of allylic oxidation sites excluding steroid dienone is 3. The molecule has 4 heteroatoms. The third-order valence-corrected chi connectivity index (χ3v) is 4.49. The quantitative estimate of drug-likeness (QED) is 0.781. The maximum atomic E-state index is 11.1. The van der Waals surface area contributed by atoms with Gasteiger partial charge >= 0.3 is 0 Å². The fraction of sp³-hybridized carbons (Fsp3) is 0.636. The monoisotopic (exact) mass is 227 g/mol. The molecule has 3 nitrogen and oxygen atoms in total. The Labute approximate surface area is 91.1 Å². The van der Waals surface area contributed by atoms with Crippen molar-refractivity contribution in [2.45, 2.75) is 26.7 Å². The largest absolute Gasteiger partial charge is 0.237 e. The zero-order chi connectivity index (χ0) is 11.3. The highest BCUT2D eigenvalue weighted by molar-refractivity contribution is 7.93. The van der Waals surface area contributed by atoms with E-state index in [9.17, 15) is 8.42 Å². The van der Waals surface area contributed by atoms with Crippen LogP contribution >= 0.6 is 0 Å². The number of primary sulfonamides is 1. The minimum Gasteiger partial charge on any atom is -0.225 e. The Morgan fingerprint density at radius 1 is 1.47 bits per heavy atom. The predicted molar refractivity (Wildman–Crippen MR) is 60.3 cm³/mol. The van der Waals surface area contributed by atoms with E-state index in [1.165, 1.54) is 6.42 Å². The molecular formula is C11H17NO2S. The lowest BCUT2D eigenvalue weighted by atomic mass is 9.91. The van der Waals surface area contributed by atoms with E-state index in [1.54, 1.807) is 12.2 Å². The van der Waals surface area contributed by atoms with Gasteiger partial charge in [0.15, 0.2) is 0 Å². The first-order valence-electron chi connectivity index (χ1n) is 5.22. The molecule has 2 aliphatic carbocycles. The number of rotatable bonds is 2. The molecule has 2 aliphatic rings. The van der Waals surface area contributed by atoms with Crippen LogP contribution in [0.2, 0.25) is 0 Å². The Bertz CT molecular complexity index is 432. The minimum atomic E-state index is -3.51. The average molecular weight is 227 g/mol. The normalized spacial score (nSPS) is 33.7. The summed E-state index contributed by atoms with van der Waals surface area (Å²) in [5.74, 6) is 1.19. The SMILES string of the molecule is CC1(C)C[C@@H]1C1C=CC(S(N)(=O)=O)=CC1. The van der Waals surface area contributed by atoms with E-state index in [0.717, 1.165) is 6.42 Å². The summed E-state index contributed by atoms with van der Waals surface area (Å²) in [6.07, 6.45) is 7.43. The van der Waals surface area contributed by atoms with E-state index >= 15 is 0 Å². The molecule has 0 radical (unpaired) electrons. The highest BCUT2D eigenvalue weighted by atomic mass is 32.2. The van der Waals surface area contributed by atoms with Gasteiger partial charge in [0.25, 0.3) is 0 Å². The van der Waals surface area contributed by atoms with E-state index in [0.29, 0.717) is 17.3 Å². The molecule has 15 heavy (non-hydrogen) atoms. The lowest BCUT2D eigenvalue weighted by Crippen LogP contribution is -2.16. The van der Waals surface area contributed by atoms with Crippen LogP contribution in [0.15, 0.2) is 23.1 Å². The Kier molecular flexibility index (Phi) is 2.32. The molecule has 0 spiro atoms. The second-order valence-electron chi connectivity index (χ2n) is 5.21. The van der Waals surface area contributed by atoms with Crippen LogP contribution in [-0.2, 0) is 10.0 Å². The molecule has 0 aromatic heterocycles. The van der Waals surface area contributed by atoms with Crippen LogP contribution in [0, 0.1) is 17.3 Å². The maximum absolute atomic E-state index is 11.1. The molecule has 0 heterocycles. The highest BCUT2D eigenvalue weighted by Crippen LogP contribution is 2.57. The van der Waals surface area contributed by atoms with Crippen molar-refractivity contribution < 1.29 is 8.42 Å². The standard InChI is InChI=1S/C11H17NO2S/c1-11(2)7-10(11)8-3-5-9(6-4-8)15(12,13)14/h3,5-6,8,10H,4,7H2,1-2H3,(H2,12,13,14)/t8?,10-/m1/s1. The fourth-order valence-corrected chi connectivity index (χ4v) is 2.96. The van der Waals surface area contributed by atoms with Crippen LogP contribution < -0.4 is 5.14 Å². The second-order valence-corrected chi connectivity index (χ2v) is 6.77. The van der Waals surface area contributed by atoms with Crippen LogP contribution in [0.1, 0.15) is 26.7 Å². The zero-order valence-electron chi connectivity index (χ0n) is 9.10. The van der Waals surface area contributed by atoms with Crippen molar-refractivity contribution in [2.75, 3.05) is 0 Å². The van der Waals surface area contributed by atoms with Crippen molar-refractivity contribution in [3.63, 3.8) is 0 Å². The summed E-state index contributed by atoms with van der Waals surface area (Å²) in [6, 6.07) is 0. The van der Waals surface area contributed by atoms with Gasteiger partial charge in [-0.15, -0.1) is 0 Å². The smallest absolute Gasteiger partial charge is 0.225 e. The third-order valence-electron chi connectivity index (χ3n) is 3.53. The van der Waals surface area contributed by atoms with Crippen LogP contribution in [0.3, 0.4) is 0 Å². The molecular weight excluding hydrogens is 210 g/mol. The maximum Gasteiger partial charge on any atom is 0.237 e. The van der Waals surface area contributed by atoms with Crippen molar-refractivity contribution in [3.05, 3.63) is 23.1 Å². The van der Waals surface area contributed by atoms with Gasteiger partial charge in [0.05, 0.1) is 4.91 Å². The lowest BCUT2D eigenvalue weighted by Gasteiger charge is -2.16. The van der Waals surface area contributed by atoms with Gasteiger partial charge in [-0.2, -0.15) is 0 Å². The Hall–Kier alpha value is -0.610. The molecule has 2 N–H and O–H groups in total. The van der Waals surface area contributed by atoms with Gasteiger partial charge in [-0.05, 0) is 36.2 Å². The molecule has 0 aliphatic heterocycles. The average Bonchev–Trinajstić information content (AvgIpc) is 2.74. The van der Waals surface area contributed by atoms with Crippen molar-refractivity contribution in [3.8, 4) is 0 Å². The van der Waals surface area contributed by atoms with E-state index < -0.39 is 10.0 Å². The van der Waals surface area contributed by atoms with Gasteiger partial charge < -0.3 is 0 Å². The van der Waals surface area contributed by atoms with Crippen molar-refractivity contribution in [1.82, 2.24) is 0 Å². The summed E-state index contributed by atoms with van der Waals surface area (Å²) in [4.78, 5) is 0.261. The van der Waals surface area contributed by atoms with Crippen molar-refractivity contribution in [1.29, 1.82) is 0 Å². The van der Waals surface area contributed by atoms with E-state index in [2.05, 4.69) is 13.8 Å². The van der Waals surface area contributed by atoms with Crippen LogP contribution in [0.4, 0.5) is 0 Å².